The topological polar surface area (TPSA) is 75.4 Å². The third kappa shape index (κ3) is 1.98. The summed E-state index contributed by atoms with van der Waals surface area (Å²) in [5.41, 5.74) is 2.04. The predicted molar refractivity (Wildman–Crippen MR) is 47.3 cm³/mol. The van der Waals surface area contributed by atoms with Crippen molar-refractivity contribution in [3.63, 3.8) is 0 Å². The van der Waals surface area contributed by atoms with Crippen molar-refractivity contribution in [3.8, 4) is 0 Å². The van der Waals surface area contributed by atoms with E-state index in [1.54, 1.807) is 11.8 Å². The molecule has 0 spiro atoms. The quantitative estimate of drug-likeness (QED) is 0.337. The average Bonchev–Trinajstić information content (AvgIpc) is 2.42. The minimum Gasteiger partial charge on any atom is -0.331 e. The van der Waals surface area contributed by atoms with Crippen LogP contribution in [0.5, 0.6) is 0 Å². The first-order chi connectivity index (χ1) is 6.06. The molecule has 74 valence electrons. The van der Waals surface area contributed by atoms with Crippen LogP contribution in [-0.2, 0) is 9.59 Å². The summed E-state index contributed by atoms with van der Waals surface area (Å²) < 4.78 is 0. The standard InChI is InChI=1S/C8H15N3O2/c1-5-3-7(12)11(4-5)6(2)8(13)10-9/h5-6H,3-4,9H2,1-2H3,(H,10,13). The Morgan fingerprint density at radius 1 is 1.77 bits per heavy atom. The SMILES string of the molecule is CC1CC(=O)N(C(C)C(=O)NN)C1. The van der Waals surface area contributed by atoms with E-state index in [4.69, 9.17) is 5.84 Å². The fraction of sp³-hybridized carbons (Fsp3) is 0.750. The van der Waals surface area contributed by atoms with Crippen molar-refractivity contribution < 1.29 is 9.59 Å². The van der Waals surface area contributed by atoms with E-state index in [1.807, 2.05) is 12.3 Å². The average molecular weight is 185 g/mol. The van der Waals surface area contributed by atoms with Crippen molar-refractivity contribution in [2.45, 2.75) is 26.3 Å². The van der Waals surface area contributed by atoms with Gasteiger partial charge in [0.15, 0.2) is 0 Å². The second kappa shape index (κ2) is 3.74. The molecule has 2 amide bonds. The number of hydrogen-bond donors (Lipinski definition) is 2. The highest BCUT2D eigenvalue weighted by Crippen LogP contribution is 2.19. The Morgan fingerprint density at radius 3 is 2.77 bits per heavy atom. The summed E-state index contributed by atoms with van der Waals surface area (Å²) >= 11 is 0. The zero-order valence-electron chi connectivity index (χ0n) is 7.91. The molecule has 0 aromatic carbocycles. The Labute approximate surface area is 77.2 Å². The van der Waals surface area contributed by atoms with E-state index in [-0.39, 0.29) is 11.8 Å². The van der Waals surface area contributed by atoms with Crippen molar-refractivity contribution in [2.75, 3.05) is 6.54 Å². The number of nitrogens with two attached hydrogens (primary N) is 1. The third-order valence-electron chi connectivity index (χ3n) is 2.34. The Morgan fingerprint density at radius 2 is 2.38 bits per heavy atom. The van der Waals surface area contributed by atoms with Crippen LogP contribution < -0.4 is 11.3 Å². The first kappa shape index (κ1) is 9.98. The number of hydrazine groups is 1. The van der Waals surface area contributed by atoms with Crippen LogP contribution >= 0.6 is 0 Å². The Kier molecular flexibility index (Phi) is 2.87. The monoisotopic (exact) mass is 185 g/mol. The molecule has 1 fully saturated rings. The third-order valence-corrected chi connectivity index (χ3v) is 2.34. The Balaban J connectivity index is 2.62. The van der Waals surface area contributed by atoms with Gasteiger partial charge in [0, 0.05) is 13.0 Å². The Bertz CT molecular complexity index is 229. The molecule has 0 aliphatic carbocycles. The molecule has 2 unspecified atom stereocenters. The van der Waals surface area contributed by atoms with E-state index in [0.29, 0.717) is 18.9 Å². The smallest absolute Gasteiger partial charge is 0.256 e. The van der Waals surface area contributed by atoms with Crippen LogP contribution in [0.15, 0.2) is 0 Å². The number of nitrogens with one attached hydrogen (secondary N) is 1. The van der Waals surface area contributed by atoms with Crippen LogP contribution in [0, 0.1) is 5.92 Å². The van der Waals surface area contributed by atoms with Crippen LogP contribution in [-0.4, -0.2) is 29.3 Å². The van der Waals surface area contributed by atoms with Gasteiger partial charge in [-0.1, -0.05) is 6.92 Å². The van der Waals surface area contributed by atoms with Gasteiger partial charge in [-0.3, -0.25) is 15.0 Å². The van der Waals surface area contributed by atoms with Crippen molar-refractivity contribution in [3.05, 3.63) is 0 Å². The number of likely N-dealkylation sites (tertiary alicyclic amines) is 1. The van der Waals surface area contributed by atoms with Crippen molar-refractivity contribution >= 4 is 11.8 Å². The lowest BCUT2D eigenvalue weighted by molar-refractivity contribution is -0.136. The zero-order chi connectivity index (χ0) is 10.0. The molecule has 0 bridgehead atoms. The molecule has 1 saturated heterocycles. The number of carbonyl (C=O) groups excluding carboxylic acids is 2. The van der Waals surface area contributed by atoms with Gasteiger partial charge in [0.25, 0.3) is 5.91 Å². The van der Waals surface area contributed by atoms with Gasteiger partial charge in [0.1, 0.15) is 6.04 Å². The fourth-order valence-electron chi connectivity index (χ4n) is 1.55. The second-order valence-corrected chi connectivity index (χ2v) is 3.54. The molecule has 0 aromatic heterocycles. The maximum Gasteiger partial charge on any atom is 0.256 e. The minimum atomic E-state index is -0.456. The molecule has 0 saturated carbocycles. The van der Waals surface area contributed by atoms with Gasteiger partial charge in [-0.2, -0.15) is 0 Å². The van der Waals surface area contributed by atoms with Gasteiger partial charge >= 0.3 is 0 Å². The minimum absolute atomic E-state index is 0.0311. The normalized spacial score (nSPS) is 24.7. The van der Waals surface area contributed by atoms with E-state index < -0.39 is 6.04 Å². The molecule has 2 atom stereocenters. The largest absolute Gasteiger partial charge is 0.331 e. The van der Waals surface area contributed by atoms with Crippen LogP contribution in [0.25, 0.3) is 0 Å². The van der Waals surface area contributed by atoms with Crippen LogP contribution in [0.4, 0.5) is 0 Å². The number of amides is 2. The molecule has 1 rings (SSSR count). The van der Waals surface area contributed by atoms with E-state index in [2.05, 4.69) is 0 Å². The van der Waals surface area contributed by atoms with E-state index in [0.717, 1.165) is 0 Å². The van der Waals surface area contributed by atoms with Gasteiger partial charge in [-0.25, -0.2) is 5.84 Å². The van der Waals surface area contributed by atoms with Gasteiger partial charge in [-0.05, 0) is 12.8 Å². The highest BCUT2D eigenvalue weighted by atomic mass is 16.2. The van der Waals surface area contributed by atoms with E-state index in [1.165, 1.54) is 0 Å². The summed E-state index contributed by atoms with van der Waals surface area (Å²) in [5.74, 6) is 5.03. The molecule has 5 heteroatoms. The van der Waals surface area contributed by atoms with Crippen molar-refractivity contribution in [2.24, 2.45) is 11.8 Å². The lowest BCUT2D eigenvalue weighted by Crippen LogP contribution is -2.48. The molecule has 1 heterocycles. The summed E-state index contributed by atoms with van der Waals surface area (Å²) in [6.07, 6.45) is 0.530. The summed E-state index contributed by atoms with van der Waals surface area (Å²) in [6, 6.07) is -0.456. The van der Waals surface area contributed by atoms with Gasteiger partial charge in [0.2, 0.25) is 5.91 Å². The van der Waals surface area contributed by atoms with Gasteiger partial charge < -0.3 is 4.90 Å². The molecule has 13 heavy (non-hydrogen) atoms. The molecule has 5 nitrogen and oxygen atoms in total. The molecular formula is C8H15N3O2. The van der Waals surface area contributed by atoms with Crippen molar-refractivity contribution in [1.29, 1.82) is 0 Å². The van der Waals surface area contributed by atoms with Crippen molar-refractivity contribution in [1.82, 2.24) is 10.3 Å². The van der Waals surface area contributed by atoms with Crippen LogP contribution in [0.2, 0.25) is 0 Å². The zero-order valence-corrected chi connectivity index (χ0v) is 7.91. The molecule has 1 aliphatic rings. The van der Waals surface area contributed by atoms with Gasteiger partial charge in [0.05, 0.1) is 0 Å². The summed E-state index contributed by atoms with van der Waals surface area (Å²) in [6.45, 7) is 4.32. The van der Waals surface area contributed by atoms with Gasteiger partial charge in [-0.15, -0.1) is 0 Å². The first-order valence-electron chi connectivity index (χ1n) is 4.36. The molecule has 0 aromatic rings. The first-order valence-corrected chi connectivity index (χ1v) is 4.36. The lowest BCUT2D eigenvalue weighted by atomic mass is 10.2. The number of nitrogens with zero attached hydrogens (tertiary/aromatic N) is 1. The molecule has 3 N–H and O–H groups in total. The molecular weight excluding hydrogens is 170 g/mol. The Hall–Kier alpha value is -1.10. The highest BCUT2D eigenvalue weighted by Gasteiger charge is 2.32. The second-order valence-electron chi connectivity index (χ2n) is 3.54. The maximum atomic E-state index is 11.4. The number of hydrogen-bond acceptors (Lipinski definition) is 3. The lowest BCUT2D eigenvalue weighted by Gasteiger charge is -2.22. The molecule has 0 radical (unpaired) electrons. The van der Waals surface area contributed by atoms with E-state index >= 15 is 0 Å². The van der Waals surface area contributed by atoms with E-state index in [9.17, 15) is 9.59 Å². The summed E-state index contributed by atoms with van der Waals surface area (Å²) in [4.78, 5) is 24.0. The fourth-order valence-corrected chi connectivity index (χ4v) is 1.55. The summed E-state index contributed by atoms with van der Waals surface area (Å²) in [5, 5.41) is 0. The number of carbonyl (C=O) groups is 2. The highest BCUT2D eigenvalue weighted by molar-refractivity contribution is 5.88. The maximum absolute atomic E-state index is 11.4. The number of rotatable bonds is 2. The predicted octanol–water partition coefficient (Wildman–Crippen LogP) is -0.767. The van der Waals surface area contributed by atoms with Crippen LogP contribution in [0.3, 0.4) is 0 Å². The van der Waals surface area contributed by atoms with Crippen LogP contribution in [0.1, 0.15) is 20.3 Å². The summed E-state index contributed by atoms with van der Waals surface area (Å²) in [7, 11) is 0. The molecule has 1 aliphatic heterocycles.